The molecule has 0 saturated carbocycles. The van der Waals surface area contributed by atoms with E-state index in [4.69, 9.17) is 9.47 Å². The lowest BCUT2D eigenvalue weighted by atomic mass is 10.1. The number of aryl methyl sites for hydroxylation is 2. The first-order valence-corrected chi connectivity index (χ1v) is 7.80. The Labute approximate surface area is 150 Å². The second kappa shape index (κ2) is 8.15. The van der Waals surface area contributed by atoms with Crippen LogP contribution in [-0.4, -0.2) is 24.5 Å². The molecular formula is C19H18NO6-. The minimum atomic E-state index is -1.51. The van der Waals surface area contributed by atoms with Gasteiger partial charge in [-0.15, -0.1) is 0 Å². The fraction of sp³-hybridized carbons (Fsp3) is 0.211. The molecule has 0 unspecified atom stereocenters. The monoisotopic (exact) mass is 356 g/mol. The Morgan fingerprint density at radius 3 is 2.31 bits per heavy atom. The van der Waals surface area contributed by atoms with Crippen LogP contribution in [0.4, 0.5) is 5.69 Å². The van der Waals surface area contributed by atoms with Gasteiger partial charge >= 0.3 is 5.97 Å². The zero-order valence-corrected chi connectivity index (χ0v) is 14.6. The first kappa shape index (κ1) is 19.0. The number of nitrogens with one attached hydrogen (secondary N) is 1. The predicted octanol–water partition coefficient (Wildman–Crippen LogP) is 1.61. The van der Waals surface area contributed by atoms with Crippen LogP contribution in [0.15, 0.2) is 36.4 Å². The van der Waals surface area contributed by atoms with Gasteiger partial charge in [0.1, 0.15) is 11.5 Å². The van der Waals surface area contributed by atoms with Crippen molar-refractivity contribution in [2.75, 3.05) is 11.9 Å². The number of hydrogen-bond acceptors (Lipinski definition) is 6. The van der Waals surface area contributed by atoms with Crippen LogP contribution in [-0.2, 0) is 9.59 Å². The molecule has 0 spiro atoms. The molecule has 0 bridgehead atoms. The molecule has 0 fully saturated rings. The second-order valence-corrected chi connectivity index (χ2v) is 5.65. The number of amides is 1. The van der Waals surface area contributed by atoms with Gasteiger partial charge in [-0.25, -0.2) is 0 Å². The van der Waals surface area contributed by atoms with Crippen molar-refractivity contribution in [3.05, 3.63) is 53.1 Å². The van der Waals surface area contributed by atoms with E-state index < -0.39 is 17.8 Å². The van der Waals surface area contributed by atoms with Crippen molar-refractivity contribution < 1.29 is 29.0 Å². The zero-order chi connectivity index (χ0) is 19.3. The molecule has 0 aromatic heterocycles. The van der Waals surface area contributed by atoms with Crippen LogP contribution in [0.1, 0.15) is 28.4 Å². The summed E-state index contributed by atoms with van der Waals surface area (Å²) in [5.41, 5.74) is 1.50. The molecule has 26 heavy (non-hydrogen) atoms. The molecule has 7 heteroatoms. The van der Waals surface area contributed by atoms with Gasteiger partial charge in [-0.05, 0) is 43.2 Å². The summed E-state index contributed by atoms with van der Waals surface area (Å²) in [5.74, 6) is -1.98. The minimum absolute atomic E-state index is 0.0241. The van der Waals surface area contributed by atoms with Crippen LogP contribution in [0.3, 0.4) is 0 Å². The third-order valence-electron chi connectivity index (χ3n) is 3.50. The number of para-hydroxylation sites is 1. The number of carboxylic acids is 1. The van der Waals surface area contributed by atoms with E-state index in [1.165, 1.54) is 19.1 Å². The van der Waals surface area contributed by atoms with Crippen LogP contribution < -0.4 is 19.9 Å². The van der Waals surface area contributed by atoms with Gasteiger partial charge in [0, 0.05) is 12.5 Å². The lowest BCUT2D eigenvalue weighted by molar-refractivity contribution is -0.254. The van der Waals surface area contributed by atoms with Crippen molar-refractivity contribution >= 4 is 23.5 Å². The largest absolute Gasteiger partial charge is 0.545 e. The van der Waals surface area contributed by atoms with Gasteiger partial charge in [-0.1, -0.05) is 18.2 Å². The highest BCUT2D eigenvalue weighted by atomic mass is 16.5. The van der Waals surface area contributed by atoms with Crippen LogP contribution >= 0.6 is 0 Å². The first-order chi connectivity index (χ1) is 12.3. The molecule has 136 valence electrons. The third kappa shape index (κ3) is 4.83. The number of carbonyl (C=O) groups excluding carboxylic acids is 3. The van der Waals surface area contributed by atoms with Crippen molar-refractivity contribution in [1.29, 1.82) is 0 Å². The molecule has 0 atom stereocenters. The highest BCUT2D eigenvalue weighted by Gasteiger charge is 2.12. The average molecular weight is 356 g/mol. The Hall–Kier alpha value is -3.35. The number of esters is 1. The van der Waals surface area contributed by atoms with E-state index in [1.54, 1.807) is 0 Å². The maximum absolute atomic E-state index is 12.1. The molecular weight excluding hydrogens is 338 g/mol. The summed E-state index contributed by atoms with van der Waals surface area (Å²) in [4.78, 5) is 34.3. The van der Waals surface area contributed by atoms with E-state index in [0.717, 1.165) is 17.2 Å². The summed E-state index contributed by atoms with van der Waals surface area (Å²) in [5, 5.41) is 13.7. The summed E-state index contributed by atoms with van der Waals surface area (Å²) in [6, 6.07) is 9.41. The molecule has 2 aromatic carbocycles. The minimum Gasteiger partial charge on any atom is -0.545 e. The first-order valence-electron chi connectivity index (χ1n) is 7.80. The number of benzene rings is 2. The fourth-order valence-corrected chi connectivity index (χ4v) is 2.38. The molecule has 0 heterocycles. The maximum atomic E-state index is 12.1. The molecule has 0 radical (unpaired) electrons. The smallest absolute Gasteiger partial charge is 0.308 e. The van der Waals surface area contributed by atoms with E-state index in [0.29, 0.717) is 5.75 Å². The molecule has 0 aliphatic heterocycles. The van der Waals surface area contributed by atoms with E-state index in [1.807, 2.05) is 32.0 Å². The van der Waals surface area contributed by atoms with Crippen LogP contribution in [0.2, 0.25) is 0 Å². The summed E-state index contributed by atoms with van der Waals surface area (Å²) in [6.07, 6.45) is 0. The number of aromatic carboxylic acids is 1. The number of anilines is 1. The van der Waals surface area contributed by atoms with Gasteiger partial charge in [0.05, 0.1) is 11.7 Å². The molecule has 0 aliphatic carbocycles. The standard InChI is InChI=1S/C19H19NO6/c1-11-5-4-6-12(2)18(11)25-10-17(22)20-16-8-7-14(26-13(3)21)9-15(16)19(23)24/h4-9H,10H2,1-3H3,(H,20,22)(H,23,24)/p-1. The summed E-state index contributed by atoms with van der Waals surface area (Å²) in [6.45, 7) is 4.63. The Morgan fingerprint density at radius 2 is 1.73 bits per heavy atom. The number of carbonyl (C=O) groups is 3. The van der Waals surface area contributed by atoms with Crippen molar-refractivity contribution in [3.63, 3.8) is 0 Å². The highest BCUT2D eigenvalue weighted by Crippen LogP contribution is 2.24. The number of rotatable bonds is 6. The van der Waals surface area contributed by atoms with Crippen molar-refractivity contribution in [2.45, 2.75) is 20.8 Å². The SMILES string of the molecule is CC(=O)Oc1ccc(NC(=O)COc2c(C)cccc2C)c(C(=O)[O-])c1. The van der Waals surface area contributed by atoms with Gasteiger partial charge in [0.2, 0.25) is 0 Å². The van der Waals surface area contributed by atoms with E-state index in [-0.39, 0.29) is 23.6 Å². The molecule has 0 aliphatic rings. The normalized spacial score (nSPS) is 10.1. The molecule has 0 saturated heterocycles. The van der Waals surface area contributed by atoms with E-state index in [2.05, 4.69) is 5.32 Å². The lowest BCUT2D eigenvalue weighted by Gasteiger charge is -2.15. The second-order valence-electron chi connectivity index (χ2n) is 5.65. The molecule has 1 amide bonds. The number of hydrogen-bond donors (Lipinski definition) is 1. The van der Waals surface area contributed by atoms with Crippen molar-refractivity contribution in [3.8, 4) is 11.5 Å². The Bertz CT molecular complexity index is 839. The maximum Gasteiger partial charge on any atom is 0.308 e. The predicted molar refractivity (Wildman–Crippen MR) is 92.1 cm³/mol. The molecule has 2 rings (SSSR count). The molecule has 7 nitrogen and oxygen atoms in total. The quantitative estimate of drug-likeness (QED) is 0.623. The highest BCUT2D eigenvalue weighted by molar-refractivity contribution is 6.00. The Kier molecular flexibility index (Phi) is 5.95. The van der Waals surface area contributed by atoms with Gasteiger partial charge in [0.15, 0.2) is 6.61 Å². The van der Waals surface area contributed by atoms with Crippen LogP contribution in [0.5, 0.6) is 11.5 Å². The van der Waals surface area contributed by atoms with E-state index in [9.17, 15) is 19.5 Å². The number of carboxylic acid groups (broad SMARTS) is 1. The topological polar surface area (TPSA) is 105 Å². The molecule has 2 aromatic rings. The van der Waals surface area contributed by atoms with Gasteiger partial charge in [-0.3, -0.25) is 9.59 Å². The summed E-state index contributed by atoms with van der Waals surface area (Å²) in [7, 11) is 0. The summed E-state index contributed by atoms with van der Waals surface area (Å²) < 4.78 is 10.4. The van der Waals surface area contributed by atoms with Gasteiger partial charge in [-0.2, -0.15) is 0 Å². The van der Waals surface area contributed by atoms with Crippen molar-refractivity contribution in [1.82, 2.24) is 0 Å². The average Bonchev–Trinajstić information content (AvgIpc) is 2.55. The zero-order valence-electron chi connectivity index (χ0n) is 14.6. The van der Waals surface area contributed by atoms with Gasteiger partial charge in [0.25, 0.3) is 5.91 Å². The lowest BCUT2D eigenvalue weighted by Crippen LogP contribution is -2.26. The fourth-order valence-electron chi connectivity index (χ4n) is 2.38. The summed E-state index contributed by atoms with van der Waals surface area (Å²) >= 11 is 0. The van der Waals surface area contributed by atoms with Crippen molar-refractivity contribution in [2.24, 2.45) is 0 Å². The number of ether oxygens (including phenoxy) is 2. The Morgan fingerprint density at radius 1 is 1.08 bits per heavy atom. The van der Waals surface area contributed by atoms with Crippen LogP contribution in [0, 0.1) is 13.8 Å². The molecule has 1 N–H and O–H groups in total. The van der Waals surface area contributed by atoms with E-state index >= 15 is 0 Å². The third-order valence-corrected chi connectivity index (χ3v) is 3.50. The van der Waals surface area contributed by atoms with Crippen LogP contribution in [0.25, 0.3) is 0 Å². The van der Waals surface area contributed by atoms with Gasteiger partial charge < -0.3 is 24.7 Å². The Balaban J connectivity index is 2.10.